The standard InChI is InChI=1S/C29H35N3O5/c1-18-11-12-22-24(31(18)29(36)37-2)13-14-25-27(22)30-26(32(25)21-10-6-7-19(15-21)17-33)16-23(28(34)35)20-8-4-3-5-9-20/h3-5,8-9,13-14,18-19,21,23,33H,6-7,10-12,15-17H2,1-2H3,(H,34,35)/t18-,19-,21-,23-/m1/s1. The maximum absolute atomic E-state index is 12.6. The second-order valence-electron chi connectivity index (χ2n) is 10.4. The molecule has 8 nitrogen and oxygen atoms in total. The van der Waals surface area contributed by atoms with Gasteiger partial charge < -0.3 is 19.5 Å². The van der Waals surface area contributed by atoms with Crippen molar-refractivity contribution in [1.29, 1.82) is 0 Å². The molecule has 1 aliphatic heterocycles. The number of rotatable bonds is 6. The van der Waals surface area contributed by atoms with Crippen molar-refractivity contribution in [2.75, 3.05) is 18.6 Å². The number of hydrogen-bond donors (Lipinski definition) is 2. The van der Waals surface area contributed by atoms with Crippen molar-refractivity contribution < 1.29 is 24.5 Å². The van der Waals surface area contributed by atoms with Gasteiger partial charge in [0.25, 0.3) is 0 Å². The summed E-state index contributed by atoms with van der Waals surface area (Å²) in [5.41, 5.74) is 4.36. The molecule has 0 bridgehead atoms. The minimum atomic E-state index is -0.880. The Kier molecular flexibility index (Phi) is 7.20. The Labute approximate surface area is 216 Å². The molecule has 0 spiro atoms. The molecule has 1 aliphatic carbocycles. The molecular weight excluding hydrogens is 470 g/mol. The number of hydrogen-bond acceptors (Lipinski definition) is 5. The molecule has 0 unspecified atom stereocenters. The summed E-state index contributed by atoms with van der Waals surface area (Å²) >= 11 is 0. The number of fused-ring (bicyclic) bond motifs is 3. The van der Waals surface area contributed by atoms with Gasteiger partial charge in [0.15, 0.2) is 0 Å². The highest BCUT2D eigenvalue weighted by molar-refractivity contribution is 5.95. The summed E-state index contributed by atoms with van der Waals surface area (Å²) < 4.78 is 7.31. The van der Waals surface area contributed by atoms with Crippen molar-refractivity contribution in [3.63, 3.8) is 0 Å². The lowest BCUT2D eigenvalue weighted by Crippen LogP contribution is -2.42. The van der Waals surface area contributed by atoms with Crippen molar-refractivity contribution in [2.24, 2.45) is 5.92 Å². The number of benzene rings is 2. The Balaban J connectivity index is 1.66. The predicted octanol–water partition coefficient (Wildman–Crippen LogP) is 5.08. The molecule has 1 amide bonds. The lowest BCUT2D eigenvalue weighted by molar-refractivity contribution is -0.138. The van der Waals surface area contributed by atoms with Gasteiger partial charge in [-0.3, -0.25) is 9.69 Å². The van der Waals surface area contributed by atoms with E-state index >= 15 is 0 Å². The summed E-state index contributed by atoms with van der Waals surface area (Å²) in [5.74, 6) is -0.640. The van der Waals surface area contributed by atoms with Gasteiger partial charge >= 0.3 is 12.1 Å². The van der Waals surface area contributed by atoms with Gasteiger partial charge in [0.1, 0.15) is 5.82 Å². The lowest BCUT2D eigenvalue weighted by Gasteiger charge is -2.34. The quantitative estimate of drug-likeness (QED) is 0.484. The van der Waals surface area contributed by atoms with Crippen LogP contribution in [0.2, 0.25) is 0 Å². The fourth-order valence-corrected chi connectivity index (χ4v) is 6.25. The van der Waals surface area contributed by atoms with E-state index in [0.29, 0.717) is 0 Å². The van der Waals surface area contributed by atoms with E-state index in [2.05, 4.69) is 4.57 Å². The number of carbonyl (C=O) groups excluding carboxylic acids is 1. The summed E-state index contributed by atoms with van der Waals surface area (Å²) in [7, 11) is 1.39. The first-order chi connectivity index (χ1) is 17.9. The number of aryl methyl sites for hydroxylation is 1. The fourth-order valence-electron chi connectivity index (χ4n) is 6.25. The molecule has 2 aliphatic rings. The second kappa shape index (κ2) is 10.5. The minimum absolute atomic E-state index is 0.0112. The van der Waals surface area contributed by atoms with Gasteiger partial charge in [-0.25, -0.2) is 9.78 Å². The molecule has 3 aromatic rings. The van der Waals surface area contributed by atoms with E-state index in [1.165, 1.54) is 7.11 Å². The summed E-state index contributed by atoms with van der Waals surface area (Å²) in [6, 6.07) is 13.4. The highest BCUT2D eigenvalue weighted by Crippen LogP contribution is 2.41. The predicted molar refractivity (Wildman–Crippen MR) is 141 cm³/mol. The number of carboxylic acid groups (broad SMARTS) is 1. The Morgan fingerprint density at radius 2 is 1.92 bits per heavy atom. The van der Waals surface area contributed by atoms with E-state index in [1.54, 1.807) is 4.90 Å². The van der Waals surface area contributed by atoms with Crippen LogP contribution in [0.5, 0.6) is 0 Å². The van der Waals surface area contributed by atoms with Crippen LogP contribution in [0.4, 0.5) is 10.5 Å². The van der Waals surface area contributed by atoms with Crippen LogP contribution in [0.3, 0.4) is 0 Å². The molecule has 8 heteroatoms. The smallest absolute Gasteiger partial charge is 0.414 e. The van der Waals surface area contributed by atoms with E-state index in [0.717, 1.165) is 72.2 Å². The van der Waals surface area contributed by atoms with Gasteiger partial charge in [-0.15, -0.1) is 0 Å². The molecule has 1 aromatic heterocycles. The Morgan fingerprint density at radius 3 is 2.62 bits per heavy atom. The molecule has 37 heavy (non-hydrogen) atoms. The SMILES string of the molecule is COC(=O)N1c2ccc3c(nc(C[C@@H](C(=O)O)c4ccccc4)n3[C@@H]3CCC[C@@H](CO)C3)c2CC[C@H]1C. The van der Waals surface area contributed by atoms with E-state index in [4.69, 9.17) is 9.72 Å². The first kappa shape index (κ1) is 25.3. The maximum Gasteiger partial charge on any atom is 0.414 e. The van der Waals surface area contributed by atoms with Crippen LogP contribution in [0.1, 0.15) is 67.9 Å². The molecule has 1 fully saturated rings. The molecule has 2 N–H and O–H groups in total. The highest BCUT2D eigenvalue weighted by atomic mass is 16.5. The fraction of sp³-hybridized carbons (Fsp3) is 0.483. The highest BCUT2D eigenvalue weighted by Gasteiger charge is 2.34. The van der Waals surface area contributed by atoms with Crippen molar-refractivity contribution in [1.82, 2.24) is 9.55 Å². The van der Waals surface area contributed by atoms with Gasteiger partial charge in [0.2, 0.25) is 0 Å². The van der Waals surface area contributed by atoms with Crippen molar-refractivity contribution in [3.05, 3.63) is 59.4 Å². The number of aliphatic hydroxyl groups is 1. The third kappa shape index (κ3) is 4.70. The van der Waals surface area contributed by atoms with E-state index in [9.17, 15) is 19.8 Å². The van der Waals surface area contributed by atoms with Crippen LogP contribution >= 0.6 is 0 Å². The van der Waals surface area contributed by atoms with Crippen LogP contribution in [0.25, 0.3) is 11.0 Å². The van der Waals surface area contributed by atoms with Gasteiger partial charge in [-0.1, -0.05) is 36.8 Å². The number of nitrogens with zero attached hydrogens (tertiary/aromatic N) is 3. The summed E-state index contributed by atoms with van der Waals surface area (Å²) in [4.78, 5) is 31.8. The number of methoxy groups -OCH3 is 1. The first-order valence-electron chi connectivity index (χ1n) is 13.2. The largest absolute Gasteiger partial charge is 0.481 e. The Bertz CT molecular complexity index is 1290. The van der Waals surface area contributed by atoms with Crippen molar-refractivity contribution >= 4 is 28.8 Å². The number of carbonyl (C=O) groups is 2. The minimum Gasteiger partial charge on any atom is -0.481 e. The van der Waals surface area contributed by atoms with Gasteiger partial charge in [0.05, 0.1) is 29.7 Å². The molecule has 4 atom stereocenters. The van der Waals surface area contributed by atoms with Crippen LogP contribution in [-0.4, -0.2) is 51.6 Å². The normalized spacial score (nSPS) is 22.5. The number of amides is 1. The lowest BCUT2D eigenvalue weighted by atomic mass is 9.85. The van der Waals surface area contributed by atoms with Gasteiger partial charge in [-0.2, -0.15) is 0 Å². The molecule has 196 valence electrons. The van der Waals surface area contributed by atoms with Gasteiger partial charge in [-0.05, 0) is 62.6 Å². The zero-order chi connectivity index (χ0) is 26.1. The molecule has 0 saturated heterocycles. The summed E-state index contributed by atoms with van der Waals surface area (Å²) in [6.45, 7) is 2.17. The number of anilines is 1. The van der Waals surface area contributed by atoms with E-state index in [1.807, 2.05) is 49.4 Å². The first-order valence-corrected chi connectivity index (χ1v) is 13.2. The molecule has 2 aromatic carbocycles. The third-order valence-corrected chi connectivity index (χ3v) is 8.16. The topological polar surface area (TPSA) is 105 Å². The summed E-state index contributed by atoms with van der Waals surface area (Å²) in [5, 5.41) is 20.1. The molecule has 1 saturated carbocycles. The maximum atomic E-state index is 12.6. The van der Waals surface area contributed by atoms with Crippen molar-refractivity contribution in [3.8, 4) is 0 Å². The second-order valence-corrected chi connectivity index (χ2v) is 10.4. The number of ether oxygens (including phenoxy) is 1. The van der Waals surface area contributed by atoms with Crippen LogP contribution in [-0.2, 0) is 22.4 Å². The van der Waals surface area contributed by atoms with E-state index in [-0.39, 0.29) is 37.1 Å². The van der Waals surface area contributed by atoms with Crippen LogP contribution in [0.15, 0.2) is 42.5 Å². The number of aromatic nitrogens is 2. The Hall–Kier alpha value is -3.39. The van der Waals surface area contributed by atoms with Gasteiger partial charge in [0, 0.05) is 30.7 Å². The van der Waals surface area contributed by atoms with E-state index < -0.39 is 11.9 Å². The average molecular weight is 506 g/mol. The van der Waals surface area contributed by atoms with Crippen molar-refractivity contribution in [2.45, 2.75) is 69.9 Å². The zero-order valence-corrected chi connectivity index (χ0v) is 21.5. The molecule has 0 radical (unpaired) electrons. The molecule has 2 heterocycles. The monoisotopic (exact) mass is 505 g/mol. The number of aliphatic hydroxyl groups excluding tert-OH is 1. The summed E-state index contributed by atoms with van der Waals surface area (Å²) in [6.07, 6.45) is 5.25. The third-order valence-electron chi connectivity index (χ3n) is 8.16. The molecular formula is C29H35N3O5. The number of carboxylic acids is 1. The van der Waals surface area contributed by atoms with Crippen LogP contribution < -0.4 is 4.90 Å². The zero-order valence-electron chi connectivity index (χ0n) is 21.5. The Morgan fingerprint density at radius 1 is 1.14 bits per heavy atom. The number of imidazole rings is 1. The number of aliphatic carboxylic acids is 1. The van der Waals surface area contributed by atoms with Crippen LogP contribution in [0, 0.1) is 5.92 Å². The molecule has 5 rings (SSSR count). The average Bonchev–Trinajstić information content (AvgIpc) is 3.30.